The zero-order valence-electron chi connectivity index (χ0n) is 9.53. The number of nitrogens with one attached hydrogen (secondary N) is 1. The second-order valence-electron chi connectivity index (χ2n) is 4.13. The Hall–Kier alpha value is -1.88. The van der Waals surface area contributed by atoms with Crippen LogP contribution < -0.4 is 11.2 Å². The predicted molar refractivity (Wildman–Crippen MR) is 60.7 cm³/mol. The maximum Gasteiger partial charge on any atom is 0.330 e. The maximum absolute atomic E-state index is 11.6. The summed E-state index contributed by atoms with van der Waals surface area (Å²) in [4.78, 5) is 24.6. The average Bonchev–Trinajstić information content (AvgIpc) is 2.55. The smallest absolute Gasteiger partial charge is 0.330 e. The molecule has 0 aliphatic carbocycles. The van der Waals surface area contributed by atoms with Crippen molar-refractivity contribution >= 4 is 0 Å². The first kappa shape index (κ1) is 12.6. The van der Waals surface area contributed by atoms with Gasteiger partial charge in [0.15, 0.2) is 11.8 Å². The monoisotopic (exact) mass is 252 g/mol. The Morgan fingerprint density at radius 3 is 2.83 bits per heavy atom. The van der Waals surface area contributed by atoms with Gasteiger partial charge in [0.05, 0.1) is 6.10 Å². The lowest BCUT2D eigenvalue weighted by molar-refractivity contribution is -0.0714. The Kier molecular flexibility index (Phi) is 2.86. The van der Waals surface area contributed by atoms with Crippen molar-refractivity contribution in [2.75, 3.05) is 0 Å². The van der Waals surface area contributed by atoms with Gasteiger partial charge >= 0.3 is 5.69 Å². The van der Waals surface area contributed by atoms with Crippen LogP contribution in [0, 0.1) is 12.3 Å². The summed E-state index contributed by atoms with van der Waals surface area (Å²) in [5, 5.41) is 20.0. The number of ether oxygens (including phenoxy) is 1. The fourth-order valence-corrected chi connectivity index (χ4v) is 1.93. The molecular weight excluding hydrogens is 240 g/mol. The summed E-state index contributed by atoms with van der Waals surface area (Å²) in [5.74, 6) is 2.04. The van der Waals surface area contributed by atoms with Gasteiger partial charge in [0.25, 0.3) is 5.56 Å². The van der Waals surface area contributed by atoms with Gasteiger partial charge in [-0.1, -0.05) is 5.92 Å². The summed E-state index contributed by atoms with van der Waals surface area (Å²) in [6.07, 6.45) is 3.03. The lowest BCUT2D eigenvalue weighted by Gasteiger charge is -2.26. The summed E-state index contributed by atoms with van der Waals surface area (Å²) in [7, 11) is 0. The molecule has 1 aliphatic heterocycles. The van der Waals surface area contributed by atoms with Crippen LogP contribution in [-0.2, 0) is 4.74 Å². The zero-order chi connectivity index (χ0) is 13.5. The van der Waals surface area contributed by atoms with Crippen LogP contribution in [0.15, 0.2) is 21.9 Å². The molecule has 4 atom stereocenters. The number of hydrogen-bond acceptors (Lipinski definition) is 5. The lowest BCUT2D eigenvalue weighted by Crippen LogP contribution is -2.47. The van der Waals surface area contributed by atoms with Crippen LogP contribution in [0.4, 0.5) is 0 Å². The van der Waals surface area contributed by atoms with Crippen molar-refractivity contribution in [3.05, 3.63) is 33.1 Å². The normalized spacial score (nSPS) is 35.3. The third-order valence-corrected chi connectivity index (χ3v) is 2.95. The van der Waals surface area contributed by atoms with Gasteiger partial charge in [0.1, 0.15) is 6.10 Å². The van der Waals surface area contributed by atoms with Crippen LogP contribution in [0.2, 0.25) is 0 Å². The van der Waals surface area contributed by atoms with Crippen LogP contribution >= 0.6 is 0 Å². The second kappa shape index (κ2) is 4.10. The van der Waals surface area contributed by atoms with Crippen molar-refractivity contribution < 1.29 is 14.9 Å². The van der Waals surface area contributed by atoms with Crippen molar-refractivity contribution in [1.82, 2.24) is 9.55 Å². The van der Waals surface area contributed by atoms with Crippen LogP contribution in [0.25, 0.3) is 0 Å². The molecule has 1 unspecified atom stereocenters. The van der Waals surface area contributed by atoms with Gasteiger partial charge in [0, 0.05) is 12.3 Å². The molecule has 0 radical (unpaired) electrons. The highest BCUT2D eigenvalue weighted by Crippen LogP contribution is 2.36. The number of aliphatic hydroxyl groups excluding tert-OH is 1. The maximum atomic E-state index is 11.6. The summed E-state index contributed by atoms with van der Waals surface area (Å²) < 4.78 is 6.22. The van der Waals surface area contributed by atoms with Crippen molar-refractivity contribution in [2.45, 2.75) is 31.0 Å². The van der Waals surface area contributed by atoms with E-state index in [1.165, 1.54) is 6.92 Å². The van der Waals surface area contributed by atoms with Gasteiger partial charge < -0.3 is 14.9 Å². The van der Waals surface area contributed by atoms with Crippen LogP contribution in [-0.4, -0.2) is 37.6 Å². The van der Waals surface area contributed by atoms with Crippen molar-refractivity contribution in [3.8, 4) is 12.3 Å². The van der Waals surface area contributed by atoms with Gasteiger partial charge in [-0.15, -0.1) is 6.42 Å². The molecule has 0 aromatic carbocycles. The molecule has 2 heterocycles. The molecule has 18 heavy (non-hydrogen) atoms. The minimum atomic E-state index is -2.03. The fourth-order valence-electron chi connectivity index (χ4n) is 1.93. The standard InChI is InChI=1S/C11H12N2O5/c1-3-11(17)8(15)6(2)18-9(11)13-5-4-7(14)12-10(13)16/h1,4-6,8-9,15,17H,2H3,(H,12,14,16)/t6?,8-,9-,11-/m1/s1. The number of aromatic amines is 1. The van der Waals surface area contributed by atoms with Gasteiger partial charge in [0.2, 0.25) is 0 Å². The minimum Gasteiger partial charge on any atom is -0.386 e. The number of aromatic nitrogens is 2. The molecule has 96 valence electrons. The Morgan fingerprint density at radius 2 is 2.28 bits per heavy atom. The number of nitrogens with zero attached hydrogens (tertiary/aromatic N) is 1. The Morgan fingerprint density at radius 1 is 1.61 bits per heavy atom. The molecule has 3 N–H and O–H groups in total. The third-order valence-electron chi connectivity index (χ3n) is 2.95. The highest BCUT2D eigenvalue weighted by molar-refractivity contribution is 5.18. The first-order chi connectivity index (χ1) is 8.40. The van der Waals surface area contributed by atoms with E-state index in [4.69, 9.17) is 11.2 Å². The largest absolute Gasteiger partial charge is 0.386 e. The average molecular weight is 252 g/mol. The molecule has 1 aromatic heterocycles. The van der Waals surface area contributed by atoms with E-state index in [0.29, 0.717) is 0 Å². The highest BCUT2D eigenvalue weighted by atomic mass is 16.6. The van der Waals surface area contributed by atoms with Gasteiger partial charge in [-0.2, -0.15) is 0 Å². The summed E-state index contributed by atoms with van der Waals surface area (Å²) in [6, 6.07) is 1.09. The number of hydrogen-bond donors (Lipinski definition) is 3. The quantitative estimate of drug-likeness (QED) is 0.510. The summed E-state index contributed by atoms with van der Waals surface area (Å²) in [5.41, 5.74) is -3.38. The van der Waals surface area contributed by atoms with Gasteiger partial charge in [-0.05, 0) is 6.92 Å². The zero-order valence-corrected chi connectivity index (χ0v) is 9.53. The van der Waals surface area contributed by atoms with Crippen molar-refractivity contribution in [1.29, 1.82) is 0 Å². The topological polar surface area (TPSA) is 105 Å². The van der Waals surface area contributed by atoms with Gasteiger partial charge in [-0.3, -0.25) is 14.3 Å². The molecule has 1 saturated heterocycles. The van der Waals surface area contributed by atoms with Gasteiger partial charge in [-0.25, -0.2) is 4.79 Å². The SMILES string of the molecule is C#C[C@@]1(O)[C@H](O)C(C)O[C@H]1n1ccc(=O)[nH]c1=O. The van der Waals surface area contributed by atoms with E-state index in [9.17, 15) is 19.8 Å². The van der Waals surface area contributed by atoms with Crippen LogP contribution in [0.5, 0.6) is 0 Å². The lowest BCUT2D eigenvalue weighted by atomic mass is 9.95. The molecule has 0 spiro atoms. The molecule has 7 heteroatoms. The third kappa shape index (κ3) is 1.67. The molecule has 0 bridgehead atoms. The first-order valence-corrected chi connectivity index (χ1v) is 5.25. The Labute approximate surface area is 102 Å². The molecule has 7 nitrogen and oxygen atoms in total. The number of terminal acetylenes is 1. The molecule has 2 rings (SSSR count). The van der Waals surface area contributed by atoms with E-state index in [1.54, 1.807) is 0 Å². The molecular formula is C11H12N2O5. The number of rotatable bonds is 1. The van der Waals surface area contributed by atoms with E-state index < -0.39 is 35.3 Å². The van der Waals surface area contributed by atoms with Crippen molar-refractivity contribution in [3.63, 3.8) is 0 Å². The Bertz CT molecular complexity index is 613. The van der Waals surface area contributed by atoms with Crippen molar-refractivity contribution in [2.24, 2.45) is 0 Å². The van der Waals surface area contributed by atoms with E-state index in [2.05, 4.69) is 0 Å². The minimum absolute atomic E-state index is 0.577. The summed E-state index contributed by atoms with van der Waals surface area (Å²) in [6.45, 7) is 1.52. The number of H-pyrrole nitrogens is 1. The van der Waals surface area contributed by atoms with Crippen LogP contribution in [0.3, 0.4) is 0 Å². The molecule has 1 aromatic rings. The molecule has 0 saturated carbocycles. The molecule has 1 fully saturated rings. The second-order valence-corrected chi connectivity index (χ2v) is 4.13. The predicted octanol–water partition coefficient (Wildman–Crippen LogP) is -1.82. The fraction of sp³-hybridized carbons (Fsp3) is 0.455. The molecule has 0 amide bonds. The highest BCUT2D eigenvalue weighted by Gasteiger charge is 2.54. The number of aliphatic hydroxyl groups is 2. The van der Waals surface area contributed by atoms with E-state index in [1.807, 2.05) is 10.9 Å². The Balaban J connectivity index is 2.55. The van der Waals surface area contributed by atoms with E-state index in [-0.39, 0.29) is 0 Å². The van der Waals surface area contributed by atoms with E-state index >= 15 is 0 Å². The molecule has 1 aliphatic rings. The van der Waals surface area contributed by atoms with E-state index in [0.717, 1.165) is 16.8 Å². The summed E-state index contributed by atoms with van der Waals surface area (Å²) >= 11 is 0. The van der Waals surface area contributed by atoms with Crippen LogP contribution in [0.1, 0.15) is 13.2 Å². The first-order valence-electron chi connectivity index (χ1n) is 5.25.